The Labute approximate surface area is 186 Å². The minimum Gasteiger partial charge on any atom is -0.486 e. The van der Waals surface area contributed by atoms with E-state index in [2.05, 4.69) is 14.9 Å². The van der Waals surface area contributed by atoms with Crippen LogP contribution in [0.2, 0.25) is 0 Å². The zero-order valence-electron chi connectivity index (χ0n) is 17.7. The molecule has 0 saturated carbocycles. The summed E-state index contributed by atoms with van der Waals surface area (Å²) in [5.41, 5.74) is 2.88. The highest BCUT2D eigenvalue weighted by molar-refractivity contribution is 5.92. The van der Waals surface area contributed by atoms with E-state index >= 15 is 0 Å². The van der Waals surface area contributed by atoms with E-state index in [0.29, 0.717) is 26.3 Å². The van der Waals surface area contributed by atoms with Crippen LogP contribution in [-0.4, -0.2) is 60.2 Å². The Morgan fingerprint density at radius 2 is 1.66 bits per heavy atom. The number of carbonyl (C=O) groups is 1. The highest BCUT2D eigenvalue weighted by Crippen LogP contribution is 2.31. The van der Waals surface area contributed by atoms with E-state index in [9.17, 15) is 4.79 Å². The predicted octanol–water partition coefficient (Wildman–Crippen LogP) is 3.28. The van der Waals surface area contributed by atoms with Crippen LogP contribution < -0.4 is 14.4 Å². The topological polar surface area (TPSA) is 67.8 Å². The summed E-state index contributed by atoms with van der Waals surface area (Å²) < 4.78 is 11.1. The molecular weight excluding hydrogens is 404 g/mol. The second-order valence-corrected chi connectivity index (χ2v) is 7.68. The lowest BCUT2D eigenvalue weighted by atomic mass is 10.1. The van der Waals surface area contributed by atoms with Crippen molar-refractivity contribution in [2.45, 2.75) is 0 Å². The van der Waals surface area contributed by atoms with Gasteiger partial charge in [-0.25, -0.2) is 9.97 Å². The number of benzene rings is 2. The van der Waals surface area contributed by atoms with Gasteiger partial charge in [0.05, 0.1) is 5.69 Å². The zero-order valence-corrected chi connectivity index (χ0v) is 17.7. The molecule has 1 fully saturated rings. The quantitative estimate of drug-likeness (QED) is 0.594. The largest absolute Gasteiger partial charge is 0.486 e. The van der Waals surface area contributed by atoms with Gasteiger partial charge in [0.25, 0.3) is 0 Å². The van der Waals surface area contributed by atoms with Crippen LogP contribution in [0, 0.1) is 0 Å². The molecule has 162 valence electrons. The summed E-state index contributed by atoms with van der Waals surface area (Å²) in [4.78, 5) is 25.6. The van der Waals surface area contributed by atoms with Crippen molar-refractivity contribution < 1.29 is 14.3 Å². The molecule has 0 aliphatic carbocycles. The standard InChI is InChI=1S/C25H24N4O3/c30-25(9-7-19-6-8-22-23(16-19)32-15-14-31-22)29-12-10-28(11-13-29)24-17-21(26-18-27-24)20-4-2-1-3-5-20/h1-9,16-18H,10-15H2/b9-7-. The molecule has 2 aliphatic heterocycles. The molecule has 0 N–H and O–H groups in total. The van der Waals surface area contributed by atoms with Gasteiger partial charge in [0.2, 0.25) is 5.91 Å². The summed E-state index contributed by atoms with van der Waals surface area (Å²) in [5.74, 6) is 2.36. The third kappa shape index (κ3) is 4.42. The second-order valence-electron chi connectivity index (χ2n) is 7.68. The molecule has 0 spiro atoms. The smallest absolute Gasteiger partial charge is 0.246 e. The van der Waals surface area contributed by atoms with Gasteiger partial charge >= 0.3 is 0 Å². The summed E-state index contributed by atoms with van der Waals surface area (Å²) >= 11 is 0. The molecule has 0 bridgehead atoms. The molecule has 0 unspecified atom stereocenters. The van der Waals surface area contributed by atoms with Crippen LogP contribution in [0.15, 0.2) is 67.0 Å². The number of ether oxygens (including phenoxy) is 2. The fourth-order valence-corrected chi connectivity index (χ4v) is 3.88. The van der Waals surface area contributed by atoms with Crippen molar-refractivity contribution in [2.75, 3.05) is 44.3 Å². The molecule has 5 rings (SSSR count). The molecule has 3 aromatic rings. The average Bonchev–Trinajstić information content (AvgIpc) is 2.88. The van der Waals surface area contributed by atoms with Gasteiger partial charge in [-0.05, 0) is 23.8 Å². The normalized spacial score (nSPS) is 15.8. The minimum absolute atomic E-state index is 0.00667. The van der Waals surface area contributed by atoms with Crippen LogP contribution >= 0.6 is 0 Å². The van der Waals surface area contributed by atoms with Crippen molar-refractivity contribution in [3.63, 3.8) is 0 Å². The Morgan fingerprint density at radius 1 is 0.875 bits per heavy atom. The van der Waals surface area contributed by atoms with Crippen LogP contribution in [0.5, 0.6) is 11.5 Å². The van der Waals surface area contributed by atoms with Crippen molar-refractivity contribution in [1.29, 1.82) is 0 Å². The summed E-state index contributed by atoms with van der Waals surface area (Å²) in [6, 6.07) is 17.8. The molecule has 1 aromatic heterocycles. The highest BCUT2D eigenvalue weighted by Gasteiger charge is 2.21. The summed E-state index contributed by atoms with van der Waals surface area (Å²) in [5, 5.41) is 0. The van der Waals surface area contributed by atoms with Crippen LogP contribution in [0.25, 0.3) is 17.3 Å². The molecule has 0 atom stereocenters. The van der Waals surface area contributed by atoms with Crippen molar-refractivity contribution in [3.8, 4) is 22.8 Å². The first kappa shape index (κ1) is 20.1. The molecule has 3 heterocycles. The van der Waals surface area contributed by atoms with Crippen LogP contribution in [0.4, 0.5) is 5.82 Å². The van der Waals surface area contributed by atoms with Gasteiger partial charge < -0.3 is 19.3 Å². The predicted molar refractivity (Wildman–Crippen MR) is 123 cm³/mol. The van der Waals surface area contributed by atoms with Gasteiger partial charge in [0.1, 0.15) is 25.4 Å². The second kappa shape index (κ2) is 9.09. The molecule has 7 heteroatoms. The van der Waals surface area contributed by atoms with Gasteiger partial charge in [0.15, 0.2) is 11.5 Å². The van der Waals surface area contributed by atoms with E-state index in [1.165, 1.54) is 0 Å². The van der Waals surface area contributed by atoms with Gasteiger partial charge in [-0.15, -0.1) is 0 Å². The first-order chi connectivity index (χ1) is 15.8. The van der Waals surface area contributed by atoms with E-state index < -0.39 is 0 Å². The van der Waals surface area contributed by atoms with E-state index in [1.54, 1.807) is 12.4 Å². The monoisotopic (exact) mass is 428 g/mol. The summed E-state index contributed by atoms with van der Waals surface area (Å²) in [6.07, 6.45) is 5.05. The number of hydrogen-bond donors (Lipinski definition) is 0. The number of hydrogen-bond acceptors (Lipinski definition) is 6. The fourth-order valence-electron chi connectivity index (χ4n) is 3.88. The minimum atomic E-state index is 0.00667. The Balaban J connectivity index is 1.20. The lowest BCUT2D eigenvalue weighted by Gasteiger charge is -2.35. The van der Waals surface area contributed by atoms with E-state index in [4.69, 9.17) is 9.47 Å². The van der Waals surface area contributed by atoms with Gasteiger partial charge in [-0.1, -0.05) is 36.4 Å². The number of fused-ring (bicyclic) bond motifs is 1. The molecule has 7 nitrogen and oxygen atoms in total. The maximum absolute atomic E-state index is 12.7. The van der Waals surface area contributed by atoms with Crippen molar-refractivity contribution in [1.82, 2.24) is 14.9 Å². The third-order valence-electron chi connectivity index (χ3n) is 5.62. The fraction of sp³-hybridized carbons (Fsp3) is 0.240. The van der Waals surface area contributed by atoms with Gasteiger partial charge in [0, 0.05) is 43.9 Å². The Bertz CT molecular complexity index is 1130. The number of aromatic nitrogens is 2. The van der Waals surface area contributed by atoms with Gasteiger partial charge in [-0.3, -0.25) is 4.79 Å². The molecule has 1 saturated heterocycles. The number of amides is 1. The number of piperazine rings is 1. The number of rotatable bonds is 4. The SMILES string of the molecule is O=C(/C=C\c1ccc2c(c1)OCCO2)N1CCN(c2cc(-c3ccccc3)ncn2)CC1. The average molecular weight is 428 g/mol. The summed E-state index contributed by atoms with van der Waals surface area (Å²) in [7, 11) is 0. The van der Waals surface area contributed by atoms with E-state index in [0.717, 1.165) is 47.2 Å². The maximum atomic E-state index is 12.7. The van der Waals surface area contributed by atoms with Crippen molar-refractivity contribution >= 4 is 17.8 Å². The van der Waals surface area contributed by atoms with E-state index in [1.807, 2.05) is 65.6 Å². The summed E-state index contributed by atoms with van der Waals surface area (Å²) in [6.45, 7) is 3.87. The van der Waals surface area contributed by atoms with Crippen LogP contribution in [-0.2, 0) is 4.79 Å². The number of carbonyl (C=O) groups excluding carboxylic acids is 1. The molecule has 2 aromatic carbocycles. The molecular formula is C25H24N4O3. The van der Waals surface area contributed by atoms with Gasteiger partial charge in [-0.2, -0.15) is 0 Å². The first-order valence-electron chi connectivity index (χ1n) is 10.8. The Hall–Kier alpha value is -3.87. The van der Waals surface area contributed by atoms with Crippen LogP contribution in [0.1, 0.15) is 5.56 Å². The highest BCUT2D eigenvalue weighted by atomic mass is 16.6. The Kier molecular flexibility index (Phi) is 5.70. The van der Waals surface area contributed by atoms with Crippen LogP contribution in [0.3, 0.4) is 0 Å². The molecule has 32 heavy (non-hydrogen) atoms. The molecule has 2 aliphatic rings. The third-order valence-corrected chi connectivity index (χ3v) is 5.62. The molecule has 0 radical (unpaired) electrons. The number of anilines is 1. The lowest BCUT2D eigenvalue weighted by molar-refractivity contribution is -0.126. The number of nitrogens with zero attached hydrogens (tertiary/aromatic N) is 4. The molecule has 1 amide bonds. The van der Waals surface area contributed by atoms with Crippen molar-refractivity contribution in [2.24, 2.45) is 0 Å². The maximum Gasteiger partial charge on any atom is 0.246 e. The lowest BCUT2D eigenvalue weighted by Crippen LogP contribution is -2.48. The van der Waals surface area contributed by atoms with Crippen molar-refractivity contribution in [3.05, 3.63) is 72.6 Å². The first-order valence-corrected chi connectivity index (χ1v) is 10.8. The Morgan fingerprint density at radius 3 is 2.47 bits per heavy atom. The van der Waals surface area contributed by atoms with E-state index in [-0.39, 0.29) is 5.91 Å². The zero-order chi connectivity index (χ0) is 21.8.